The monoisotopic (exact) mass is 327 g/mol. The SMILES string of the molecule is CN(Cc1cc(Br)cs1)c1ccc(C=O)cc1F. The van der Waals surface area contributed by atoms with Crippen molar-refractivity contribution < 1.29 is 9.18 Å². The summed E-state index contributed by atoms with van der Waals surface area (Å²) in [7, 11) is 1.83. The molecule has 0 aliphatic heterocycles. The molecule has 0 aliphatic carbocycles. The van der Waals surface area contributed by atoms with E-state index in [1.807, 2.05) is 23.4 Å². The van der Waals surface area contributed by atoms with Crippen LogP contribution < -0.4 is 4.90 Å². The van der Waals surface area contributed by atoms with Gasteiger partial charge in [-0.25, -0.2) is 4.39 Å². The average molecular weight is 328 g/mol. The molecule has 0 saturated heterocycles. The highest BCUT2D eigenvalue weighted by atomic mass is 79.9. The molecule has 94 valence electrons. The number of benzene rings is 1. The molecule has 0 unspecified atom stereocenters. The van der Waals surface area contributed by atoms with Crippen LogP contribution in [0.25, 0.3) is 0 Å². The first-order valence-electron chi connectivity index (χ1n) is 5.29. The maximum absolute atomic E-state index is 13.8. The third kappa shape index (κ3) is 2.97. The van der Waals surface area contributed by atoms with E-state index in [2.05, 4.69) is 15.9 Å². The molecule has 0 bridgehead atoms. The summed E-state index contributed by atoms with van der Waals surface area (Å²) >= 11 is 5.01. The quantitative estimate of drug-likeness (QED) is 0.788. The Labute approximate surface area is 117 Å². The largest absolute Gasteiger partial charge is 0.367 e. The van der Waals surface area contributed by atoms with Gasteiger partial charge in [0, 0.05) is 27.3 Å². The van der Waals surface area contributed by atoms with Crippen molar-refractivity contribution in [3.05, 3.63) is 50.4 Å². The van der Waals surface area contributed by atoms with Gasteiger partial charge in [-0.2, -0.15) is 0 Å². The lowest BCUT2D eigenvalue weighted by molar-refractivity contribution is 0.112. The summed E-state index contributed by atoms with van der Waals surface area (Å²) in [6, 6.07) is 6.51. The predicted octanol–water partition coefficient (Wildman–Crippen LogP) is 4.10. The molecule has 0 atom stereocenters. The second kappa shape index (κ2) is 5.63. The molecule has 1 aromatic carbocycles. The number of rotatable bonds is 4. The van der Waals surface area contributed by atoms with Gasteiger partial charge in [0.15, 0.2) is 0 Å². The minimum atomic E-state index is -0.377. The Morgan fingerprint density at radius 1 is 1.44 bits per heavy atom. The van der Waals surface area contributed by atoms with Gasteiger partial charge in [0.25, 0.3) is 0 Å². The topological polar surface area (TPSA) is 20.3 Å². The van der Waals surface area contributed by atoms with Crippen LogP contribution >= 0.6 is 27.3 Å². The Morgan fingerprint density at radius 3 is 2.78 bits per heavy atom. The third-order valence-corrected chi connectivity index (χ3v) is 4.22. The number of carbonyl (C=O) groups is 1. The first kappa shape index (κ1) is 13.2. The second-order valence-corrected chi connectivity index (χ2v) is 5.83. The predicted molar refractivity (Wildman–Crippen MR) is 75.9 cm³/mol. The van der Waals surface area contributed by atoms with Crippen LogP contribution in [0.4, 0.5) is 10.1 Å². The number of halogens is 2. The first-order valence-corrected chi connectivity index (χ1v) is 6.96. The van der Waals surface area contributed by atoms with Crippen molar-refractivity contribution in [3.8, 4) is 0 Å². The smallest absolute Gasteiger partial charge is 0.150 e. The van der Waals surface area contributed by atoms with E-state index in [0.717, 1.165) is 9.35 Å². The van der Waals surface area contributed by atoms with Crippen molar-refractivity contribution in [2.75, 3.05) is 11.9 Å². The van der Waals surface area contributed by atoms with Gasteiger partial charge in [-0.3, -0.25) is 4.79 Å². The Morgan fingerprint density at radius 2 is 2.22 bits per heavy atom. The highest BCUT2D eigenvalue weighted by Gasteiger charge is 2.09. The van der Waals surface area contributed by atoms with Crippen molar-refractivity contribution in [1.82, 2.24) is 0 Å². The zero-order valence-electron chi connectivity index (χ0n) is 9.69. The first-order chi connectivity index (χ1) is 8.60. The number of hydrogen-bond donors (Lipinski definition) is 0. The van der Waals surface area contributed by atoms with E-state index >= 15 is 0 Å². The molecule has 0 fully saturated rings. The molecule has 1 heterocycles. The lowest BCUT2D eigenvalue weighted by Crippen LogP contribution is -2.17. The number of thiophene rings is 1. The van der Waals surface area contributed by atoms with Crippen molar-refractivity contribution in [2.24, 2.45) is 0 Å². The van der Waals surface area contributed by atoms with Crippen LogP contribution in [0.2, 0.25) is 0 Å². The minimum Gasteiger partial charge on any atom is -0.367 e. The van der Waals surface area contributed by atoms with E-state index in [0.29, 0.717) is 24.1 Å². The summed E-state index contributed by atoms with van der Waals surface area (Å²) in [6.07, 6.45) is 0.642. The average Bonchev–Trinajstić information content (AvgIpc) is 2.74. The third-order valence-electron chi connectivity index (χ3n) is 2.53. The zero-order valence-corrected chi connectivity index (χ0v) is 12.1. The van der Waals surface area contributed by atoms with Gasteiger partial charge in [0.1, 0.15) is 12.1 Å². The molecule has 2 aromatic rings. The summed E-state index contributed by atoms with van der Waals surface area (Å²) in [5.41, 5.74) is 0.841. The van der Waals surface area contributed by atoms with E-state index < -0.39 is 0 Å². The number of hydrogen-bond acceptors (Lipinski definition) is 3. The summed E-state index contributed by atoms with van der Waals surface area (Å²) < 4.78 is 14.8. The molecule has 18 heavy (non-hydrogen) atoms. The fraction of sp³-hybridized carbons (Fsp3) is 0.154. The highest BCUT2D eigenvalue weighted by Crippen LogP contribution is 2.25. The maximum Gasteiger partial charge on any atom is 0.150 e. The van der Waals surface area contributed by atoms with Gasteiger partial charge < -0.3 is 4.90 Å². The van der Waals surface area contributed by atoms with E-state index in [4.69, 9.17) is 0 Å². The summed E-state index contributed by atoms with van der Waals surface area (Å²) in [4.78, 5) is 13.5. The molecule has 0 amide bonds. The van der Waals surface area contributed by atoms with Crippen LogP contribution in [0.3, 0.4) is 0 Å². The van der Waals surface area contributed by atoms with Crippen LogP contribution in [0.5, 0.6) is 0 Å². The zero-order chi connectivity index (χ0) is 13.1. The Balaban J connectivity index is 2.18. The Kier molecular flexibility index (Phi) is 4.14. The highest BCUT2D eigenvalue weighted by molar-refractivity contribution is 9.10. The van der Waals surface area contributed by atoms with Crippen molar-refractivity contribution in [2.45, 2.75) is 6.54 Å². The van der Waals surface area contributed by atoms with Gasteiger partial charge in [0.05, 0.1) is 12.2 Å². The number of carbonyl (C=O) groups excluding carboxylic acids is 1. The summed E-state index contributed by atoms with van der Waals surface area (Å²) in [5.74, 6) is -0.377. The number of nitrogens with zero attached hydrogens (tertiary/aromatic N) is 1. The number of aldehydes is 1. The normalized spacial score (nSPS) is 10.4. The van der Waals surface area contributed by atoms with Gasteiger partial charge >= 0.3 is 0 Å². The summed E-state index contributed by atoms with van der Waals surface area (Å²) in [5, 5.41) is 2.00. The van der Waals surface area contributed by atoms with E-state index in [1.165, 1.54) is 6.07 Å². The second-order valence-electron chi connectivity index (χ2n) is 3.92. The molecule has 1 aromatic heterocycles. The van der Waals surface area contributed by atoms with Crippen LogP contribution in [-0.4, -0.2) is 13.3 Å². The van der Waals surface area contributed by atoms with Gasteiger partial charge in [-0.1, -0.05) is 0 Å². The van der Waals surface area contributed by atoms with Crippen LogP contribution in [0, 0.1) is 5.82 Å². The standard InChI is InChI=1S/C13H11BrFNOS/c1-16(6-11-5-10(14)8-18-11)13-3-2-9(7-17)4-12(13)15/h2-5,7-8H,6H2,1H3. The fourth-order valence-electron chi connectivity index (χ4n) is 1.66. The Bertz CT molecular complexity index is 570. The van der Waals surface area contributed by atoms with Crippen molar-refractivity contribution >= 4 is 39.2 Å². The van der Waals surface area contributed by atoms with E-state index in [9.17, 15) is 9.18 Å². The summed E-state index contributed by atoms with van der Waals surface area (Å²) in [6.45, 7) is 0.633. The lowest BCUT2D eigenvalue weighted by atomic mass is 10.2. The molecule has 2 nitrogen and oxygen atoms in total. The number of anilines is 1. The van der Waals surface area contributed by atoms with Gasteiger partial charge in [-0.15, -0.1) is 11.3 Å². The molecule has 0 saturated carbocycles. The molecule has 2 rings (SSSR count). The van der Waals surface area contributed by atoms with Crippen molar-refractivity contribution in [3.63, 3.8) is 0 Å². The van der Waals surface area contributed by atoms with Crippen molar-refractivity contribution in [1.29, 1.82) is 0 Å². The lowest BCUT2D eigenvalue weighted by Gasteiger charge is -2.19. The van der Waals surface area contributed by atoms with Crippen LogP contribution in [0.1, 0.15) is 15.2 Å². The molecule has 0 spiro atoms. The van der Waals surface area contributed by atoms with Crippen LogP contribution in [0.15, 0.2) is 34.1 Å². The van der Waals surface area contributed by atoms with Gasteiger partial charge in [-0.05, 0) is 40.2 Å². The van der Waals surface area contributed by atoms with Gasteiger partial charge in [0.2, 0.25) is 0 Å². The fourth-order valence-corrected chi connectivity index (χ4v) is 3.17. The van der Waals surface area contributed by atoms with E-state index in [-0.39, 0.29) is 5.82 Å². The minimum absolute atomic E-state index is 0.350. The molecule has 0 radical (unpaired) electrons. The maximum atomic E-state index is 13.8. The van der Waals surface area contributed by atoms with Crippen LogP contribution in [-0.2, 0) is 6.54 Å². The molecule has 0 N–H and O–H groups in total. The van der Waals surface area contributed by atoms with E-state index in [1.54, 1.807) is 23.5 Å². The molecular formula is C13H11BrFNOS. The molecule has 0 aliphatic rings. The molecule has 5 heteroatoms. The molecular weight excluding hydrogens is 317 g/mol. The Hall–Kier alpha value is -1.20.